The summed E-state index contributed by atoms with van der Waals surface area (Å²) in [5, 5.41) is 0. The molecule has 0 saturated carbocycles. The van der Waals surface area contributed by atoms with Gasteiger partial charge in [0.05, 0.1) is 0 Å². The molecule has 0 spiro atoms. The van der Waals surface area contributed by atoms with Crippen LogP contribution in [0.4, 0.5) is 0 Å². The molecule has 0 aliphatic rings. The second-order valence-corrected chi connectivity index (χ2v) is 21.7. The van der Waals surface area contributed by atoms with E-state index in [9.17, 15) is 14.4 Å². The van der Waals surface area contributed by atoms with Gasteiger partial charge >= 0.3 is 17.9 Å². The highest BCUT2D eigenvalue weighted by Crippen LogP contribution is 2.17. The number of carbonyl (C=O) groups excluding carboxylic acids is 3. The summed E-state index contributed by atoms with van der Waals surface area (Å²) in [6, 6.07) is 0. The Morgan fingerprint density at radius 1 is 0.274 bits per heavy atom. The van der Waals surface area contributed by atoms with Gasteiger partial charge in [-0.2, -0.15) is 0 Å². The van der Waals surface area contributed by atoms with Gasteiger partial charge in [-0.15, -0.1) is 0 Å². The molecule has 0 aromatic heterocycles. The zero-order valence-corrected chi connectivity index (χ0v) is 48.9. The van der Waals surface area contributed by atoms with E-state index < -0.39 is 6.10 Å². The molecule has 0 aliphatic heterocycles. The Hall–Kier alpha value is -2.63. The van der Waals surface area contributed by atoms with Crippen molar-refractivity contribution >= 4 is 17.9 Å². The van der Waals surface area contributed by atoms with Crippen LogP contribution in [0.2, 0.25) is 0 Å². The van der Waals surface area contributed by atoms with E-state index in [4.69, 9.17) is 14.2 Å². The number of hydrogen-bond donors (Lipinski definition) is 0. The molecule has 0 rings (SSSR count). The van der Waals surface area contributed by atoms with Crippen LogP contribution in [0, 0.1) is 0 Å². The summed E-state index contributed by atoms with van der Waals surface area (Å²) in [5.41, 5.74) is 0. The second kappa shape index (κ2) is 61.9. The maximum atomic E-state index is 12.9. The van der Waals surface area contributed by atoms with Gasteiger partial charge in [0.2, 0.25) is 0 Å². The minimum atomic E-state index is -0.782. The fraction of sp³-hybridized carbons (Fsp3) is 0.836. The van der Waals surface area contributed by atoms with E-state index in [-0.39, 0.29) is 31.1 Å². The second-order valence-electron chi connectivity index (χ2n) is 21.7. The van der Waals surface area contributed by atoms with Gasteiger partial charge in [-0.1, -0.05) is 294 Å². The predicted octanol–water partition coefficient (Wildman–Crippen LogP) is 21.8. The fourth-order valence-corrected chi connectivity index (χ4v) is 9.43. The van der Waals surface area contributed by atoms with Crippen molar-refractivity contribution < 1.29 is 28.6 Å². The highest BCUT2D eigenvalue weighted by atomic mass is 16.6. The lowest BCUT2D eigenvalue weighted by Crippen LogP contribution is -2.30. The molecule has 6 nitrogen and oxygen atoms in total. The minimum Gasteiger partial charge on any atom is -0.462 e. The lowest BCUT2D eigenvalue weighted by Gasteiger charge is -2.18. The molecule has 0 aromatic carbocycles. The molecule has 0 aliphatic carbocycles. The topological polar surface area (TPSA) is 78.9 Å². The van der Waals surface area contributed by atoms with Crippen molar-refractivity contribution in [2.75, 3.05) is 13.2 Å². The molecular weight excluding hydrogens is 901 g/mol. The number of hydrogen-bond acceptors (Lipinski definition) is 6. The standard InChI is InChI=1S/C67H122O6/c1-4-7-10-13-16-19-22-25-28-30-31-32-33-34-35-36-38-39-42-45-48-51-54-57-60-66(69)72-63-64(62-71-65(68)59-56-53-50-47-44-41-27-24-21-18-15-12-9-6-3)73-67(70)61-58-55-52-49-46-43-40-37-29-26-23-20-17-14-11-8-5-2/h15,17-18,20,24,26-27,29,64H,4-14,16,19,21-23,25,28,30-63H2,1-3H3/b18-15-,20-17-,27-24-,29-26-. The third-order valence-electron chi connectivity index (χ3n) is 14.3. The van der Waals surface area contributed by atoms with Crippen LogP contribution in [0.3, 0.4) is 0 Å². The normalized spacial score (nSPS) is 12.3. The predicted molar refractivity (Wildman–Crippen MR) is 316 cm³/mol. The molecule has 0 heterocycles. The van der Waals surface area contributed by atoms with Gasteiger partial charge in [0.1, 0.15) is 13.2 Å². The zero-order valence-electron chi connectivity index (χ0n) is 48.9. The Morgan fingerprint density at radius 3 is 0.822 bits per heavy atom. The number of esters is 3. The van der Waals surface area contributed by atoms with Crippen molar-refractivity contribution in [3.8, 4) is 0 Å². The molecule has 1 unspecified atom stereocenters. The van der Waals surface area contributed by atoms with Gasteiger partial charge in [0.15, 0.2) is 6.10 Å². The molecule has 0 bridgehead atoms. The molecule has 1 atom stereocenters. The molecule has 0 fully saturated rings. The number of unbranched alkanes of at least 4 members (excludes halogenated alkanes) is 40. The lowest BCUT2D eigenvalue weighted by molar-refractivity contribution is -0.167. The largest absolute Gasteiger partial charge is 0.462 e. The number of ether oxygens (including phenoxy) is 3. The number of rotatable bonds is 59. The van der Waals surface area contributed by atoms with Crippen molar-refractivity contribution in [3.05, 3.63) is 48.6 Å². The molecule has 73 heavy (non-hydrogen) atoms. The van der Waals surface area contributed by atoms with Crippen molar-refractivity contribution in [1.82, 2.24) is 0 Å². The summed E-state index contributed by atoms with van der Waals surface area (Å²) >= 11 is 0. The summed E-state index contributed by atoms with van der Waals surface area (Å²) < 4.78 is 16.9. The third kappa shape index (κ3) is 60.1. The zero-order chi connectivity index (χ0) is 52.9. The summed E-state index contributed by atoms with van der Waals surface area (Å²) in [6.45, 7) is 6.61. The van der Waals surface area contributed by atoms with E-state index in [0.29, 0.717) is 19.3 Å². The van der Waals surface area contributed by atoms with Crippen LogP contribution in [0.25, 0.3) is 0 Å². The van der Waals surface area contributed by atoms with Crippen LogP contribution in [-0.4, -0.2) is 37.2 Å². The van der Waals surface area contributed by atoms with Crippen molar-refractivity contribution in [3.63, 3.8) is 0 Å². The van der Waals surface area contributed by atoms with E-state index in [2.05, 4.69) is 69.4 Å². The number of carbonyl (C=O) groups is 3. The van der Waals surface area contributed by atoms with Crippen molar-refractivity contribution in [2.24, 2.45) is 0 Å². The highest BCUT2D eigenvalue weighted by Gasteiger charge is 2.19. The van der Waals surface area contributed by atoms with E-state index in [1.165, 1.54) is 212 Å². The first-order chi connectivity index (χ1) is 36.0. The van der Waals surface area contributed by atoms with E-state index >= 15 is 0 Å². The van der Waals surface area contributed by atoms with Gasteiger partial charge in [-0.3, -0.25) is 14.4 Å². The van der Waals surface area contributed by atoms with Crippen molar-refractivity contribution in [2.45, 2.75) is 348 Å². The molecule has 0 N–H and O–H groups in total. The Kier molecular flexibility index (Phi) is 59.7. The molecule has 0 amide bonds. The Morgan fingerprint density at radius 2 is 0.507 bits per heavy atom. The van der Waals surface area contributed by atoms with Crippen LogP contribution in [0.1, 0.15) is 342 Å². The summed E-state index contributed by atoms with van der Waals surface area (Å²) in [6.07, 6.45) is 76.9. The van der Waals surface area contributed by atoms with Gasteiger partial charge in [0, 0.05) is 19.3 Å². The van der Waals surface area contributed by atoms with Crippen molar-refractivity contribution in [1.29, 1.82) is 0 Å². The van der Waals surface area contributed by atoms with Crippen LogP contribution in [0.15, 0.2) is 48.6 Å². The maximum Gasteiger partial charge on any atom is 0.306 e. The molecular formula is C67H122O6. The molecule has 6 heteroatoms. The highest BCUT2D eigenvalue weighted by molar-refractivity contribution is 5.71. The minimum absolute atomic E-state index is 0.0776. The van der Waals surface area contributed by atoms with Crippen LogP contribution >= 0.6 is 0 Å². The third-order valence-corrected chi connectivity index (χ3v) is 14.3. The quantitative estimate of drug-likeness (QED) is 0.0261. The van der Waals surface area contributed by atoms with Crippen LogP contribution in [-0.2, 0) is 28.6 Å². The van der Waals surface area contributed by atoms with Gasteiger partial charge in [-0.25, -0.2) is 0 Å². The van der Waals surface area contributed by atoms with Gasteiger partial charge in [-0.05, 0) is 77.0 Å². The summed E-state index contributed by atoms with van der Waals surface area (Å²) in [4.78, 5) is 38.3. The van der Waals surface area contributed by atoms with Crippen LogP contribution < -0.4 is 0 Å². The fourth-order valence-electron chi connectivity index (χ4n) is 9.43. The average molecular weight is 1020 g/mol. The molecule has 0 aromatic rings. The summed E-state index contributed by atoms with van der Waals surface area (Å²) in [7, 11) is 0. The summed E-state index contributed by atoms with van der Waals surface area (Å²) in [5.74, 6) is -0.880. The molecule has 0 saturated heterocycles. The van der Waals surface area contributed by atoms with Gasteiger partial charge in [0.25, 0.3) is 0 Å². The smallest absolute Gasteiger partial charge is 0.306 e. The first kappa shape index (κ1) is 70.4. The first-order valence-corrected chi connectivity index (χ1v) is 32.1. The SMILES string of the molecule is CCCC/C=C\C/C=C\CCCCCCCC(=O)OCC(COC(=O)CCCCCCCCCCCCCCCCCCCCCCCCCC)OC(=O)CCCCCCCCC/C=C\C/C=C\CCCCC. The van der Waals surface area contributed by atoms with Gasteiger partial charge < -0.3 is 14.2 Å². The van der Waals surface area contributed by atoms with E-state index in [0.717, 1.165) is 89.9 Å². The molecule has 0 radical (unpaired) electrons. The maximum absolute atomic E-state index is 12.9. The number of allylic oxidation sites excluding steroid dienone is 8. The Bertz CT molecular complexity index is 1270. The van der Waals surface area contributed by atoms with E-state index in [1.54, 1.807) is 0 Å². The Labute approximate surface area is 454 Å². The molecule has 426 valence electrons. The van der Waals surface area contributed by atoms with Crippen LogP contribution in [0.5, 0.6) is 0 Å². The van der Waals surface area contributed by atoms with E-state index in [1.807, 2.05) is 0 Å². The lowest BCUT2D eigenvalue weighted by atomic mass is 10.0. The Balaban J connectivity index is 4.28. The first-order valence-electron chi connectivity index (χ1n) is 32.1. The average Bonchev–Trinajstić information content (AvgIpc) is 3.39. The monoisotopic (exact) mass is 1020 g/mol.